The average molecular weight is 269 g/mol. The molecule has 0 saturated heterocycles. The zero-order valence-electron chi connectivity index (χ0n) is 10.6. The summed E-state index contributed by atoms with van der Waals surface area (Å²) in [6.07, 6.45) is 6.59. The minimum Gasteiger partial charge on any atom is -0.308 e. The van der Waals surface area contributed by atoms with E-state index in [1.54, 1.807) is 4.68 Å². The van der Waals surface area contributed by atoms with E-state index in [2.05, 4.69) is 16.3 Å². The van der Waals surface area contributed by atoms with Crippen LogP contribution in [0.4, 0.5) is 0 Å². The van der Waals surface area contributed by atoms with Crippen LogP contribution >= 0.6 is 11.6 Å². The molecule has 1 heterocycles. The largest absolute Gasteiger partial charge is 0.308 e. The summed E-state index contributed by atoms with van der Waals surface area (Å²) >= 11 is 5.98. The summed E-state index contributed by atoms with van der Waals surface area (Å²) in [5, 5.41) is 7.33. The van der Waals surface area contributed by atoms with Crippen LogP contribution in [0.3, 0.4) is 0 Å². The Bertz CT molecular complexity index is 447. The molecule has 0 radical (unpaired) electrons. The lowest BCUT2D eigenvalue weighted by Crippen LogP contribution is -2.27. The van der Waals surface area contributed by atoms with Gasteiger partial charge in [0, 0.05) is 6.54 Å². The van der Waals surface area contributed by atoms with E-state index >= 15 is 0 Å². The van der Waals surface area contributed by atoms with Gasteiger partial charge in [-0.15, -0.1) is 6.42 Å². The average Bonchev–Trinajstić information content (AvgIpc) is 2.68. The number of rotatable bonds is 7. The van der Waals surface area contributed by atoms with Gasteiger partial charge in [0.25, 0.3) is 0 Å². The summed E-state index contributed by atoms with van der Waals surface area (Å²) in [5.74, 6) is 2.31. The van der Waals surface area contributed by atoms with Gasteiger partial charge < -0.3 is 4.90 Å². The maximum atomic E-state index is 12.0. The number of hydrogen-bond donors (Lipinski definition) is 1. The van der Waals surface area contributed by atoms with E-state index in [-0.39, 0.29) is 12.3 Å². The second kappa shape index (κ2) is 7.17. The normalized spacial score (nSPS) is 10.6. The van der Waals surface area contributed by atoms with Gasteiger partial charge in [0.05, 0.1) is 30.9 Å². The molecule has 0 aliphatic heterocycles. The molecule has 0 aliphatic rings. The van der Waals surface area contributed by atoms with Crippen LogP contribution in [0.25, 0.3) is 0 Å². The van der Waals surface area contributed by atoms with Crippen LogP contribution in [0, 0.1) is 12.3 Å². The van der Waals surface area contributed by atoms with Crippen molar-refractivity contribution < 1.29 is 4.79 Å². The lowest BCUT2D eigenvalue weighted by molar-refractivity contribution is 0.0981. The molecule has 0 bridgehead atoms. The van der Waals surface area contributed by atoms with Crippen molar-refractivity contribution in [3.63, 3.8) is 0 Å². The molecule has 6 heteroatoms. The Labute approximate surface area is 112 Å². The third kappa shape index (κ3) is 4.15. The number of halogens is 1. The van der Waals surface area contributed by atoms with Gasteiger partial charge in [0.15, 0.2) is 5.78 Å². The molecule has 0 saturated carbocycles. The second-order valence-electron chi connectivity index (χ2n) is 4.10. The highest BCUT2D eigenvalue weighted by atomic mass is 35.5. The molecular formula is C12H17ClN4O. The molecule has 0 spiro atoms. The number of hydrogen-bond acceptors (Lipinski definition) is 4. The van der Waals surface area contributed by atoms with E-state index in [1.807, 2.05) is 19.0 Å². The maximum Gasteiger partial charge on any atom is 0.196 e. The van der Waals surface area contributed by atoms with Crippen LogP contribution in [0.15, 0.2) is 6.20 Å². The lowest BCUT2D eigenvalue weighted by atomic mass is 10.2. The molecule has 0 amide bonds. The van der Waals surface area contributed by atoms with Crippen LogP contribution < -0.4 is 5.32 Å². The number of Topliss-reactive ketones (excluding diaryl/α,β-unsaturated/α-hetero) is 1. The van der Waals surface area contributed by atoms with Gasteiger partial charge >= 0.3 is 0 Å². The van der Waals surface area contributed by atoms with E-state index in [4.69, 9.17) is 18.0 Å². The summed E-state index contributed by atoms with van der Waals surface area (Å²) in [7, 11) is 3.92. The molecule has 98 valence electrons. The third-order valence-electron chi connectivity index (χ3n) is 2.33. The summed E-state index contributed by atoms with van der Waals surface area (Å²) in [6.45, 7) is 1.93. The van der Waals surface area contributed by atoms with E-state index in [0.29, 0.717) is 23.8 Å². The number of likely N-dealkylation sites (N-methyl/N-ethyl adjacent to an activating group) is 1. The lowest BCUT2D eigenvalue weighted by Gasteiger charge is -2.11. The highest BCUT2D eigenvalue weighted by Crippen LogP contribution is 2.15. The Morgan fingerprint density at radius 1 is 1.67 bits per heavy atom. The Morgan fingerprint density at radius 2 is 2.39 bits per heavy atom. The zero-order chi connectivity index (χ0) is 13.5. The van der Waals surface area contributed by atoms with E-state index < -0.39 is 0 Å². The molecule has 0 unspecified atom stereocenters. The van der Waals surface area contributed by atoms with Crippen molar-refractivity contribution in [2.24, 2.45) is 0 Å². The van der Waals surface area contributed by atoms with Crippen LogP contribution in [0.5, 0.6) is 0 Å². The number of ketones is 1. The number of terminal acetylenes is 1. The van der Waals surface area contributed by atoms with Crippen molar-refractivity contribution in [2.45, 2.75) is 6.54 Å². The monoisotopic (exact) mass is 268 g/mol. The van der Waals surface area contributed by atoms with Crippen LogP contribution in [-0.4, -0.2) is 54.2 Å². The van der Waals surface area contributed by atoms with Crippen molar-refractivity contribution in [2.75, 3.05) is 33.7 Å². The van der Waals surface area contributed by atoms with Crippen molar-refractivity contribution in [3.05, 3.63) is 16.9 Å². The SMILES string of the molecule is C#CCNCC(=O)c1c(Cl)cnn1CCN(C)C. The summed E-state index contributed by atoms with van der Waals surface area (Å²) in [5.41, 5.74) is 0.433. The van der Waals surface area contributed by atoms with Gasteiger partial charge in [-0.2, -0.15) is 5.10 Å². The standard InChI is InChI=1S/C12H17ClN4O/c1-4-5-14-9-11(18)12-10(13)8-15-17(12)7-6-16(2)3/h1,8,14H,5-7,9H2,2-3H3. The van der Waals surface area contributed by atoms with Gasteiger partial charge in [0.2, 0.25) is 0 Å². The van der Waals surface area contributed by atoms with Crippen molar-refractivity contribution >= 4 is 17.4 Å². The van der Waals surface area contributed by atoms with Gasteiger partial charge in [-0.1, -0.05) is 17.5 Å². The minimum atomic E-state index is -0.105. The quantitative estimate of drug-likeness (QED) is 0.445. The van der Waals surface area contributed by atoms with Crippen molar-refractivity contribution in [3.8, 4) is 12.3 Å². The first-order chi connectivity index (χ1) is 8.56. The Morgan fingerprint density at radius 3 is 3.00 bits per heavy atom. The maximum absolute atomic E-state index is 12.0. The molecular weight excluding hydrogens is 252 g/mol. The Balaban J connectivity index is 2.71. The first kappa shape index (κ1) is 14.7. The molecule has 0 fully saturated rings. The van der Waals surface area contributed by atoms with E-state index in [0.717, 1.165) is 6.54 Å². The summed E-state index contributed by atoms with van der Waals surface area (Å²) < 4.78 is 1.63. The predicted octanol–water partition coefficient (Wildman–Crippen LogP) is 0.504. The molecule has 1 aromatic rings. The van der Waals surface area contributed by atoms with Gasteiger partial charge in [0.1, 0.15) is 5.69 Å². The molecule has 1 rings (SSSR count). The molecule has 18 heavy (non-hydrogen) atoms. The van der Waals surface area contributed by atoms with Crippen molar-refractivity contribution in [1.82, 2.24) is 20.0 Å². The molecule has 5 nitrogen and oxygen atoms in total. The topological polar surface area (TPSA) is 50.2 Å². The van der Waals surface area contributed by atoms with E-state index in [1.165, 1.54) is 6.20 Å². The smallest absolute Gasteiger partial charge is 0.196 e. The number of carbonyl (C=O) groups is 1. The van der Waals surface area contributed by atoms with Crippen LogP contribution in [0.1, 0.15) is 10.5 Å². The number of aromatic nitrogens is 2. The number of nitrogens with zero attached hydrogens (tertiary/aromatic N) is 3. The highest BCUT2D eigenvalue weighted by Gasteiger charge is 2.16. The van der Waals surface area contributed by atoms with Gasteiger partial charge in [-0.05, 0) is 14.1 Å². The van der Waals surface area contributed by atoms with Gasteiger partial charge in [-0.3, -0.25) is 14.8 Å². The first-order valence-corrected chi connectivity index (χ1v) is 5.97. The van der Waals surface area contributed by atoms with E-state index in [9.17, 15) is 4.79 Å². The van der Waals surface area contributed by atoms with Crippen LogP contribution in [-0.2, 0) is 6.54 Å². The van der Waals surface area contributed by atoms with Crippen molar-refractivity contribution in [1.29, 1.82) is 0 Å². The minimum absolute atomic E-state index is 0.105. The summed E-state index contributed by atoms with van der Waals surface area (Å²) in [4.78, 5) is 14.0. The zero-order valence-corrected chi connectivity index (χ0v) is 11.4. The van der Waals surface area contributed by atoms with Gasteiger partial charge in [-0.25, -0.2) is 0 Å². The fourth-order valence-electron chi connectivity index (χ4n) is 1.44. The third-order valence-corrected chi connectivity index (χ3v) is 2.61. The fraction of sp³-hybridized carbons (Fsp3) is 0.500. The molecule has 0 aliphatic carbocycles. The highest BCUT2D eigenvalue weighted by molar-refractivity contribution is 6.33. The van der Waals surface area contributed by atoms with Crippen LogP contribution in [0.2, 0.25) is 5.02 Å². The predicted molar refractivity (Wildman–Crippen MR) is 71.8 cm³/mol. The number of nitrogens with one attached hydrogen (secondary N) is 1. The fourth-order valence-corrected chi connectivity index (χ4v) is 1.68. The molecule has 0 aromatic carbocycles. The molecule has 1 aromatic heterocycles. The Kier molecular flexibility index (Phi) is 5.86. The second-order valence-corrected chi connectivity index (χ2v) is 4.51. The molecule has 1 N–H and O–H groups in total. The molecule has 0 atom stereocenters. The first-order valence-electron chi connectivity index (χ1n) is 5.59. The number of carbonyl (C=O) groups excluding carboxylic acids is 1. The Hall–Kier alpha value is -1.35. The summed E-state index contributed by atoms with van der Waals surface area (Å²) in [6, 6.07) is 0.